The summed E-state index contributed by atoms with van der Waals surface area (Å²) < 4.78 is 5.66. The maximum atomic E-state index is 5.66. The van der Waals surface area contributed by atoms with Crippen molar-refractivity contribution in [2.75, 3.05) is 14.2 Å². The van der Waals surface area contributed by atoms with Crippen LogP contribution in [0.25, 0.3) is 0 Å². The van der Waals surface area contributed by atoms with Crippen LogP contribution in [0.2, 0.25) is 0 Å². The van der Waals surface area contributed by atoms with Gasteiger partial charge in [-0.2, -0.15) is 0 Å². The summed E-state index contributed by atoms with van der Waals surface area (Å²) in [7, 11) is 3.77. The lowest BCUT2D eigenvalue weighted by molar-refractivity contribution is -0.00921. The van der Waals surface area contributed by atoms with Crippen LogP contribution in [-0.2, 0) is 11.2 Å². The lowest BCUT2D eigenvalue weighted by atomic mass is 9.82. The van der Waals surface area contributed by atoms with Gasteiger partial charge >= 0.3 is 0 Å². The molecule has 0 saturated carbocycles. The first-order valence-electron chi connectivity index (χ1n) is 6.08. The van der Waals surface area contributed by atoms with E-state index in [0.29, 0.717) is 6.04 Å². The molecule has 0 bridgehead atoms. The van der Waals surface area contributed by atoms with Gasteiger partial charge in [0.25, 0.3) is 0 Å². The van der Waals surface area contributed by atoms with Gasteiger partial charge in [-0.3, -0.25) is 4.98 Å². The first-order chi connectivity index (χ1) is 7.99. The molecular formula is C14H24N2O. The van der Waals surface area contributed by atoms with Crippen molar-refractivity contribution in [3.05, 3.63) is 30.1 Å². The van der Waals surface area contributed by atoms with Crippen molar-refractivity contribution in [3.63, 3.8) is 0 Å². The smallest absolute Gasteiger partial charge is 0.0775 e. The van der Waals surface area contributed by atoms with Crippen molar-refractivity contribution < 1.29 is 4.74 Å². The average molecular weight is 236 g/mol. The zero-order valence-electron chi connectivity index (χ0n) is 11.5. The van der Waals surface area contributed by atoms with Crippen molar-refractivity contribution in [1.82, 2.24) is 10.3 Å². The predicted octanol–water partition coefficient (Wildman–Crippen LogP) is 2.27. The van der Waals surface area contributed by atoms with Gasteiger partial charge in [-0.05, 0) is 36.6 Å². The van der Waals surface area contributed by atoms with Gasteiger partial charge in [0.15, 0.2) is 0 Å². The number of pyridine rings is 1. The minimum Gasteiger partial charge on any atom is -0.379 e. The summed E-state index contributed by atoms with van der Waals surface area (Å²) in [6.07, 6.45) is 4.80. The second kappa shape index (κ2) is 6.12. The molecule has 1 aromatic rings. The first kappa shape index (κ1) is 14.1. The summed E-state index contributed by atoms with van der Waals surface area (Å²) in [5.41, 5.74) is 1.40. The number of nitrogens with one attached hydrogen (secondary N) is 1. The van der Waals surface area contributed by atoms with Crippen molar-refractivity contribution in [3.8, 4) is 0 Å². The van der Waals surface area contributed by atoms with Crippen LogP contribution in [0.3, 0.4) is 0 Å². The van der Waals surface area contributed by atoms with Crippen molar-refractivity contribution >= 4 is 0 Å². The summed E-state index contributed by atoms with van der Waals surface area (Å²) in [5, 5.41) is 3.36. The van der Waals surface area contributed by atoms with E-state index in [1.165, 1.54) is 5.56 Å². The molecule has 0 fully saturated rings. The molecule has 0 radical (unpaired) electrons. The summed E-state index contributed by atoms with van der Waals surface area (Å²) in [6.45, 7) is 6.62. The zero-order valence-corrected chi connectivity index (χ0v) is 11.5. The zero-order chi connectivity index (χ0) is 12.9. The van der Waals surface area contributed by atoms with Crippen LogP contribution in [0, 0.1) is 5.41 Å². The Balaban J connectivity index is 2.77. The van der Waals surface area contributed by atoms with Crippen LogP contribution >= 0.6 is 0 Å². The number of methoxy groups -OCH3 is 1. The first-order valence-corrected chi connectivity index (χ1v) is 6.08. The molecule has 3 nitrogen and oxygen atoms in total. The number of hydrogen-bond donors (Lipinski definition) is 1. The standard InChI is InChI=1S/C14H24N2O/c1-14(2,3)13(17-5)12(15-4)10-11-6-8-16-9-7-11/h6-9,12-13,15H,10H2,1-5H3. The van der Waals surface area contributed by atoms with Crippen molar-refractivity contribution in [2.24, 2.45) is 5.41 Å². The van der Waals surface area contributed by atoms with Crippen molar-refractivity contribution in [2.45, 2.75) is 39.3 Å². The Morgan fingerprint density at radius 2 is 1.88 bits per heavy atom. The fourth-order valence-corrected chi connectivity index (χ4v) is 2.25. The summed E-state index contributed by atoms with van der Waals surface area (Å²) >= 11 is 0. The van der Waals surface area contributed by atoms with Crippen molar-refractivity contribution in [1.29, 1.82) is 0 Å². The molecule has 1 N–H and O–H groups in total. The maximum Gasteiger partial charge on any atom is 0.0775 e. The van der Waals surface area contributed by atoms with Gasteiger partial charge in [0, 0.05) is 25.5 Å². The molecule has 2 unspecified atom stereocenters. The highest BCUT2D eigenvalue weighted by Crippen LogP contribution is 2.25. The molecule has 3 heteroatoms. The summed E-state index contributed by atoms with van der Waals surface area (Å²) in [6, 6.07) is 4.42. The van der Waals surface area contributed by atoms with E-state index in [-0.39, 0.29) is 11.5 Å². The van der Waals surface area contributed by atoms with E-state index in [4.69, 9.17) is 4.74 Å². The molecule has 1 heterocycles. The predicted molar refractivity (Wildman–Crippen MR) is 71.0 cm³/mol. The molecule has 17 heavy (non-hydrogen) atoms. The largest absolute Gasteiger partial charge is 0.379 e. The van der Waals surface area contributed by atoms with E-state index in [9.17, 15) is 0 Å². The third kappa shape index (κ3) is 4.10. The molecule has 0 saturated heterocycles. The minimum atomic E-state index is 0.120. The Hall–Kier alpha value is -0.930. The Bertz CT molecular complexity index is 319. The Morgan fingerprint density at radius 3 is 2.29 bits per heavy atom. The van der Waals surface area contributed by atoms with Gasteiger partial charge < -0.3 is 10.1 Å². The Labute approximate surface area is 105 Å². The van der Waals surface area contributed by atoms with Crippen LogP contribution in [0.15, 0.2) is 24.5 Å². The summed E-state index contributed by atoms with van der Waals surface area (Å²) in [4.78, 5) is 4.04. The molecule has 0 amide bonds. The van der Waals surface area contributed by atoms with Crippen LogP contribution in [-0.4, -0.2) is 31.3 Å². The van der Waals surface area contributed by atoms with Crippen LogP contribution in [0.1, 0.15) is 26.3 Å². The highest BCUT2D eigenvalue weighted by Gasteiger charge is 2.31. The molecule has 0 spiro atoms. The SMILES string of the molecule is CNC(Cc1ccncc1)C(OC)C(C)(C)C. The highest BCUT2D eigenvalue weighted by molar-refractivity contribution is 5.12. The van der Waals surface area contributed by atoms with Crippen LogP contribution < -0.4 is 5.32 Å². The molecule has 96 valence electrons. The fourth-order valence-electron chi connectivity index (χ4n) is 2.25. The Morgan fingerprint density at radius 1 is 1.29 bits per heavy atom. The quantitative estimate of drug-likeness (QED) is 0.851. The number of likely N-dealkylation sites (N-methyl/N-ethyl adjacent to an activating group) is 1. The molecular weight excluding hydrogens is 212 g/mol. The lowest BCUT2D eigenvalue weighted by Gasteiger charge is -2.36. The maximum absolute atomic E-state index is 5.66. The van der Waals surface area contributed by atoms with E-state index in [0.717, 1.165) is 6.42 Å². The molecule has 1 aromatic heterocycles. The van der Waals surface area contributed by atoms with E-state index in [2.05, 4.69) is 43.2 Å². The number of hydrogen-bond acceptors (Lipinski definition) is 3. The average Bonchev–Trinajstić information content (AvgIpc) is 2.28. The van der Waals surface area contributed by atoms with E-state index in [1.807, 2.05) is 19.4 Å². The summed E-state index contributed by atoms with van der Waals surface area (Å²) in [5.74, 6) is 0. The van der Waals surface area contributed by atoms with Crippen LogP contribution in [0.5, 0.6) is 0 Å². The second-order valence-electron chi connectivity index (χ2n) is 5.48. The Kier molecular flexibility index (Phi) is 5.09. The molecule has 1 rings (SSSR count). The molecule has 0 aliphatic carbocycles. The fraction of sp³-hybridized carbons (Fsp3) is 0.643. The van der Waals surface area contributed by atoms with Gasteiger partial charge in [-0.15, -0.1) is 0 Å². The van der Waals surface area contributed by atoms with Gasteiger partial charge in [0.1, 0.15) is 0 Å². The lowest BCUT2D eigenvalue weighted by Crippen LogP contribution is -2.47. The monoisotopic (exact) mass is 236 g/mol. The number of aromatic nitrogens is 1. The number of rotatable bonds is 5. The number of ether oxygens (including phenoxy) is 1. The molecule has 2 atom stereocenters. The van der Waals surface area contributed by atoms with Gasteiger partial charge in [0.05, 0.1) is 6.10 Å². The topological polar surface area (TPSA) is 34.2 Å². The molecule has 0 aliphatic rings. The number of nitrogens with zero attached hydrogens (tertiary/aromatic N) is 1. The third-order valence-corrected chi connectivity index (χ3v) is 3.05. The minimum absolute atomic E-state index is 0.120. The normalized spacial score (nSPS) is 15.6. The van der Waals surface area contributed by atoms with Gasteiger partial charge in [0.2, 0.25) is 0 Å². The highest BCUT2D eigenvalue weighted by atomic mass is 16.5. The van der Waals surface area contributed by atoms with Gasteiger partial charge in [-0.1, -0.05) is 20.8 Å². The van der Waals surface area contributed by atoms with E-state index in [1.54, 1.807) is 7.11 Å². The molecule has 0 aromatic carbocycles. The van der Waals surface area contributed by atoms with Crippen LogP contribution in [0.4, 0.5) is 0 Å². The van der Waals surface area contributed by atoms with E-state index < -0.39 is 0 Å². The van der Waals surface area contributed by atoms with Gasteiger partial charge in [-0.25, -0.2) is 0 Å². The third-order valence-electron chi connectivity index (χ3n) is 3.05. The second-order valence-corrected chi connectivity index (χ2v) is 5.48. The van der Waals surface area contributed by atoms with E-state index >= 15 is 0 Å². The molecule has 0 aliphatic heterocycles.